The normalized spacial score (nSPS) is 18.4. The molecule has 2 unspecified atom stereocenters. The number of methoxy groups -OCH3 is 1. The van der Waals surface area contributed by atoms with Crippen LogP contribution < -0.4 is 4.74 Å². The minimum atomic E-state index is -0.884. The summed E-state index contributed by atoms with van der Waals surface area (Å²) in [5, 5.41) is 12.0. The van der Waals surface area contributed by atoms with Crippen LogP contribution in [0.2, 0.25) is 0 Å². The molecular weight excluding hydrogens is 322 g/mol. The Morgan fingerprint density at radius 3 is 2.27 bits per heavy atom. The van der Waals surface area contributed by atoms with E-state index in [1.165, 1.54) is 18.4 Å². The summed E-state index contributed by atoms with van der Waals surface area (Å²) >= 11 is 0. The van der Waals surface area contributed by atoms with E-state index in [0.29, 0.717) is 0 Å². The fourth-order valence-electron chi connectivity index (χ4n) is 4.22. The zero-order chi connectivity index (χ0) is 18.4. The van der Waals surface area contributed by atoms with Crippen LogP contribution in [0.3, 0.4) is 0 Å². The van der Waals surface area contributed by atoms with E-state index in [4.69, 9.17) is 4.74 Å². The molecule has 0 radical (unpaired) electrons. The van der Waals surface area contributed by atoms with Gasteiger partial charge >= 0.3 is 0 Å². The fraction of sp³-hybridized carbons (Fsp3) is 0.478. The standard InChI is InChI=1S/C23H31NO2/c1-3-15-23(25,20-11-13-21(26-2)14-12-20)22(18-24-16-7-8-17-24)19-9-5-4-6-10-19/h4-6,9-14,22,25H,3,7-8,15-18H2,1-2H3. The first-order valence-corrected chi connectivity index (χ1v) is 9.81. The van der Waals surface area contributed by atoms with Gasteiger partial charge in [0.05, 0.1) is 12.7 Å². The highest BCUT2D eigenvalue weighted by molar-refractivity contribution is 5.35. The van der Waals surface area contributed by atoms with Crippen molar-refractivity contribution in [2.75, 3.05) is 26.7 Å². The van der Waals surface area contributed by atoms with Gasteiger partial charge < -0.3 is 14.7 Å². The Bertz CT molecular complexity index is 664. The highest BCUT2D eigenvalue weighted by Crippen LogP contribution is 2.42. The number of nitrogens with zero attached hydrogens (tertiary/aromatic N) is 1. The highest BCUT2D eigenvalue weighted by Gasteiger charge is 2.39. The molecule has 1 heterocycles. The van der Waals surface area contributed by atoms with E-state index in [1.807, 2.05) is 30.3 Å². The average Bonchev–Trinajstić information content (AvgIpc) is 3.20. The summed E-state index contributed by atoms with van der Waals surface area (Å²) in [6.45, 7) is 5.31. The maximum atomic E-state index is 12.0. The van der Waals surface area contributed by atoms with Gasteiger partial charge in [-0.25, -0.2) is 0 Å². The fourth-order valence-corrected chi connectivity index (χ4v) is 4.22. The van der Waals surface area contributed by atoms with Gasteiger partial charge in [0.2, 0.25) is 0 Å². The number of aliphatic hydroxyl groups is 1. The van der Waals surface area contributed by atoms with Gasteiger partial charge in [0, 0.05) is 12.5 Å². The molecule has 3 rings (SSSR count). The lowest BCUT2D eigenvalue weighted by molar-refractivity contribution is -0.0117. The van der Waals surface area contributed by atoms with Crippen LogP contribution >= 0.6 is 0 Å². The summed E-state index contributed by atoms with van der Waals surface area (Å²) in [5.41, 5.74) is 1.31. The van der Waals surface area contributed by atoms with Crippen molar-refractivity contribution >= 4 is 0 Å². The number of benzene rings is 2. The van der Waals surface area contributed by atoms with Crippen molar-refractivity contribution in [3.63, 3.8) is 0 Å². The molecule has 0 amide bonds. The molecule has 3 nitrogen and oxygen atoms in total. The minimum Gasteiger partial charge on any atom is -0.497 e. The van der Waals surface area contributed by atoms with Gasteiger partial charge in [-0.15, -0.1) is 0 Å². The van der Waals surface area contributed by atoms with Gasteiger partial charge in [-0.1, -0.05) is 55.8 Å². The largest absolute Gasteiger partial charge is 0.497 e. The maximum absolute atomic E-state index is 12.0. The Hall–Kier alpha value is -1.84. The second-order valence-corrected chi connectivity index (χ2v) is 7.37. The van der Waals surface area contributed by atoms with Crippen molar-refractivity contribution in [3.05, 3.63) is 65.7 Å². The average molecular weight is 354 g/mol. The lowest BCUT2D eigenvalue weighted by Crippen LogP contribution is -2.40. The van der Waals surface area contributed by atoms with Gasteiger partial charge in [0.25, 0.3) is 0 Å². The van der Waals surface area contributed by atoms with Crippen LogP contribution in [-0.2, 0) is 5.60 Å². The van der Waals surface area contributed by atoms with Gasteiger partial charge in [-0.2, -0.15) is 0 Å². The topological polar surface area (TPSA) is 32.7 Å². The van der Waals surface area contributed by atoms with Gasteiger partial charge in [0.1, 0.15) is 5.75 Å². The summed E-state index contributed by atoms with van der Waals surface area (Å²) in [4.78, 5) is 2.50. The molecule has 1 N–H and O–H groups in total. The van der Waals surface area contributed by atoms with Gasteiger partial charge in [0.15, 0.2) is 0 Å². The molecule has 2 aromatic rings. The first kappa shape index (κ1) is 18.9. The minimum absolute atomic E-state index is 0.0511. The van der Waals surface area contributed by atoms with Crippen LogP contribution in [0.25, 0.3) is 0 Å². The molecule has 0 bridgehead atoms. The third kappa shape index (κ3) is 4.11. The number of likely N-dealkylation sites (tertiary alicyclic amines) is 1. The summed E-state index contributed by atoms with van der Waals surface area (Å²) in [5.74, 6) is 0.874. The van der Waals surface area contributed by atoms with E-state index in [0.717, 1.165) is 43.8 Å². The van der Waals surface area contributed by atoms with E-state index >= 15 is 0 Å². The summed E-state index contributed by atoms with van der Waals surface area (Å²) in [6.07, 6.45) is 4.20. The predicted octanol–water partition coefficient (Wildman–Crippen LogP) is 4.56. The third-order valence-corrected chi connectivity index (χ3v) is 5.64. The number of ether oxygens (including phenoxy) is 1. The zero-order valence-corrected chi connectivity index (χ0v) is 16.0. The molecule has 1 aliphatic rings. The Labute approximate surface area is 157 Å². The molecule has 0 saturated carbocycles. The van der Waals surface area contributed by atoms with Crippen LogP contribution in [0.15, 0.2) is 54.6 Å². The Morgan fingerprint density at radius 1 is 1.04 bits per heavy atom. The quantitative estimate of drug-likeness (QED) is 0.755. The van der Waals surface area contributed by atoms with E-state index in [1.54, 1.807) is 7.11 Å². The second-order valence-electron chi connectivity index (χ2n) is 7.37. The lowest BCUT2D eigenvalue weighted by atomic mass is 9.74. The zero-order valence-electron chi connectivity index (χ0n) is 16.0. The Kier molecular flexibility index (Phi) is 6.33. The van der Waals surface area contributed by atoms with E-state index in [-0.39, 0.29) is 5.92 Å². The SMILES string of the molecule is CCCC(O)(c1ccc(OC)cc1)C(CN1CCCC1)c1ccccc1. The van der Waals surface area contributed by atoms with Crippen molar-refractivity contribution in [2.45, 2.75) is 44.1 Å². The number of hydrogen-bond donors (Lipinski definition) is 1. The molecule has 1 saturated heterocycles. The molecule has 2 atom stereocenters. The molecule has 3 heteroatoms. The molecule has 2 aromatic carbocycles. The summed E-state index contributed by atoms with van der Waals surface area (Å²) in [7, 11) is 1.67. The van der Waals surface area contributed by atoms with Crippen molar-refractivity contribution in [2.24, 2.45) is 0 Å². The molecule has 140 valence electrons. The Morgan fingerprint density at radius 2 is 1.69 bits per heavy atom. The van der Waals surface area contributed by atoms with Crippen molar-refractivity contribution in [3.8, 4) is 5.75 Å². The van der Waals surface area contributed by atoms with Crippen LogP contribution in [0.5, 0.6) is 5.75 Å². The van der Waals surface area contributed by atoms with Crippen molar-refractivity contribution in [1.29, 1.82) is 0 Å². The molecule has 0 spiro atoms. The predicted molar refractivity (Wildman–Crippen MR) is 107 cm³/mol. The molecule has 1 aliphatic heterocycles. The molecule has 1 fully saturated rings. The third-order valence-electron chi connectivity index (χ3n) is 5.64. The van der Waals surface area contributed by atoms with E-state index in [2.05, 4.69) is 36.1 Å². The molecule has 0 aliphatic carbocycles. The van der Waals surface area contributed by atoms with Crippen LogP contribution in [-0.4, -0.2) is 36.8 Å². The van der Waals surface area contributed by atoms with Crippen molar-refractivity contribution < 1.29 is 9.84 Å². The molecule has 26 heavy (non-hydrogen) atoms. The van der Waals surface area contributed by atoms with Gasteiger partial charge in [-0.05, 0) is 55.6 Å². The van der Waals surface area contributed by atoms with Gasteiger partial charge in [-0.3, -0.25) is 0 Å². The summed E-state index contributed by atoms with van der Waals surface area (Å²) < 4.78 is 5.30. The van der Waals surface area contributed by atoms with Crippen LogP contribution in [0, 0.1) is 0 Å². The Balaban J connectivity index is 1.99. The molecule has 0 aromatic heterocycles. The summed E-state index contributed by atoms with van der Waals surface area (Å²) in [6, 6.07) is 18.5. The lowest BCUT2D eigenvalue weighted by Gasteiger charge is -2.39. The maximum Gasteiger partial charge on any atom is 0.118 e. The highest BCUT2D eigenvalue weighted by atomic mass is 16.5. The van der Waals surface area contributed by atoms with Crippen molar-refractivity contribution in [1.82, 2.24) is 4.90 Å². The monoisotopic (exact) mass is 353 g/mol. The van der Waals surface area contributed by atoms with E-state index < -0.39 is 5.60 Å². The van der Waals surface area contributed by atoms with Crippen LogP contribution in [0.1, 0.15) is 49.7 Å². The van der Waals surface area contributed by atoms with E-state index in [9.17, 15) is 5.11 Å². The molecular formula is C23H31NO2. The smallest absolute Gasteiger partial charge is 0.118 e. The second kappa shape index (κ2) is 8.70. The number of hydrogen-bond acceptors (Lipinski definition) is 3. The van der Waals surface area contributed by atoms with Crippen LogP contribution in [0.4, 0.5) is 0 Å². The first-order valence-electron chi connectivity index (χ1n) is 9.81. The number of rotatable bonds is 8. The first-order chi connectivity index (χ1) is 12.7.